The highest BCUT2D eigenvalue weighted by Gasteiger charge is 2.25. The summed E-state index contributed by atoms with van der Waals surface area (Å²) in [6, 6.07) is 77.1. The number of aromatic nitrogens is 2. The molecule has 0 unspecified atom stereocenters. The normalized spacial score (nSPS) is 11.0. The Balaban J connectivity index is 1.41. The number of nitrogens with zero attached hydrogens (tertiary/aromatic N) is 2. The standard InChI is InChI=1S/C52H36N2/c1-7-21-37(22-8-1)45-35-46(50(41-29-15-5-16-30-41)51(42-31-17-6-18-32-42)49(45)40-27-13-4-14-28-40)43-33-19-20-34-44(43)52-53-47(38-23-9-2-10-24-38)36-48(54-52)39-25-11-3-12-26-39/h1-36H. The van der Waals surface area contributed by atoms with E-state index in [1.807, 2.05) is 12.1 Å². The SMILES string of the molecule is c1ccc(-c2cc(-c3ccccc3)nc(-c3ccccc3-c3cc(-c4ccccc4)c(-c4ccccc4)c(-c4ccccc4)c3-c3ccccc3)n2)cc1. The molecule has 54 heavy (non-hydrogen) atoms. The second-order valence-electron chi connectivity index (χ2n) is 13.3. The summed E-state index contributed by atoms with van der Waals surface area (Å²) in [7, 11) is 0. The minimum Gasteiger partial charge on any atom is -0.228 e. The summed E-state index contributed by atoms with van der Waals surface area (Å²) in [6.07, 6.45) is 0. The largest absolute Gasteiger partial charge is 0.228 e. The minimum atomic E-state index is 0.680. The molecule has 0 saturated carbocycles. The Hall–Kier alpha value is -7.16. The zero-order valence-electron chi connectivity index (χ0n) is 29.7. The molecule has 0 radical (unpaired) electrons. The van der Waals surface area contributed by atoms with E-state index in [1.165, 1.54) is 16.7 Å². The summed E-state index contributed by atoms with van der Waals surface area (Å²) < 4.78 is 0. The van der Waals surface area contributed by atoms with Crippen molar-refractivity contribution in [3.05, 3.63) is 218 Å². The van der Waals surface area contributed by atoms with Crippen molar-refractivity contribution in [2.45, 2.75) is 0 Å². The van der Waals surface area contributed by atoms with Crippen LogP contribution in [-0.2, 0) is 0 Å². The molecule has 0 spiro atoms. The van der Waals surface area contributed by atoms with E-state index in [9.17, 15) is 0 Å². The average Bonchev–Trinajstić information content (AvgIpc) is 3.27. The molecule has 0 saturated heterocycles. The molecule has 2 heteroatoms. The van der Waals surface area contributed by atoms with Gasteiger partial charge in [-0.15, -0.1) is 0 Å². The Bertz CT molecular complexity index is 2600. The number of benzene rings is 8. The maximum Gasteiger partial charge on any atom is 0.161 e. The predicted molar refractivity (Wildman–Crippen MR) is 226 cm³/mol. The van der Waals surface area contributed by atoms with E-state index in [0.717, 1.165) is 67.0 Å². The fourth-order valence-electron chi connectivity index (χ4n) is 7.44. The van der Waals surface area contributed by atoms with Crippen LogP contribution in [0.3, 0.4) is 0 Å². The van der Waals surface area contributed by atoms with Gasteiger partial charge in [-0.05, 0) is 67.8 Å². The first kappa shape index (κ1) is 32.7. The molecule has 0 bridgehead atoms. The predicted octanol–water partition coefficient (Wildman–Crippen LogP) is 13.8. The molecule has 0 amide bonds. The first-order valence-electron chi connectivity index (χ1n) is 18.3. The molecule has 1 heterocycles. The van der Waals surface area contributed by atoms with Crippen LogP contribution in [0.2, 0.25) is 0 Å². The molecule has 2 nitrogen and oxygen atoms in total. The van der Waals surface area contributed by atoms with E-state index < -0.39 is 0 Å². The third-order valence-corrected chi connectivity index (χ3v) is 9.92. The molecule has 9 rings (SSSR count). The molecule has 0 aliphatic rings. The van der Waals surface area contributed by atoms with E-state index in [0.29, 0.717) is 5.82 Å². The van der Waals surface area contributed by atoms with Crippen molar-refractivity contribution in [2.75, 3.05) is 0 Å². The number of hydrogen-bond acceptors (Lipinski definition) is 2. The molecule has 8 aromatic carbocycles. The number of hydrogen-bond donors (Lipinski definition) is 0. The van der Waals surface area contributed by atoms with Gasteiger partial charge in [0.25, 0.3) is 0 Å². The van der Waals surface area contributed by atoms with Crippen molar-refractivity contribution < 1.29 is 0 Å². The van der Waals surface area contributed by atoms with Gasteiger partial charge in [-0.1, -0.05) is 206 Å². The highest BCUT2D eigenvalue weighted by atomic mass is 14.9. The van der Waals surface area contributed by atoms with Crippen LogP contribution in [-0.4, -0.2) is 9.97 Å². The average molecular weight is 689 g/mol. The molecule has 0 fully saturated rings. The Kier molecular flexibility index (Phi) is 8.99. The van der Waals surface area contributed by atoms with Crippen LogP contribution in [0.4, 0.5) is 0 Å². The summed E-state index contributed by atoms with van der Waals surface area (Å²) >= 11 is 0. The summed E-state index contributed by atoms with van der Waals surface area (Å²) in [4.78, 5) is 10.6. The van der Waals surface area contributed by atoms with Crippen molar-refractivity contribution in [2.24, 2.45) is 0 Å². The zero-order chi connectivity index (χ0) is 36.1. The van der Waals surface area contributed by atoms with Gasteiger partial charge in [0.1, 0.15) is 0 Å². The van der Waals surface area contributed by atoms with Gasteiger partial charge >= 0.3 is 0 Å². The zero-order valence-corrected chi connectivity index (χ0v) is 29.7. The summed E-state index contributed by atoms with van der Waals surface area (Å²) in [5.74, 6) is 0.680. The highest BCUT2D eigenvalue weighted by Crippen LogP contribution is 2.51. The van der Waals surface area contributed by atoms with Crippen LogP contribution >= 0.6 is 0 Å². The first-order chi connectivity index (χ1) is 26.8. The summed E-state index contributed by atoms with van der Waals surface area (Å²) in [5, 5.41) is 0. The molecule has 0 N–H and O–H groups in total. The van der Waals surface area contributed by atoms with Gasteiger partial charge in [0.05, 0.1) is 11.4 Å². The summed E-state index contributed by atoms with van der Waals surface area (Å²) in [5.41, 5.74) is 16.3. The Morgan fingerprint density at radius 3 is 1.00 bits per heavy atom. The van der Waals surface area contributed by atoms with Crippen LogP contribution in [0.1, 0.15) is 0 Å². The van der Waals surface area contributed by atoms with Crippen LogP contribution in [0, 0.1) is 0 Å². The van der Waals surface area contributed by atoms with E-state index in [1.54, 1.807) is 0 Å². The van der Waals surface area contributed by atoms with Crippen molar-refractivity contribution >= 4 is 0 Å². The Labute approximate surface area is 316 Å². The lowest BCUT2D eigenvalue weighted by Crippen LogP contribution is -2.00. The van der Waals surface area contributed by atoms with Crippen LogP contribution in [0.25, 0.3) is 89.5 Å². The van der Waals surface area contributed by atoms with E-state index in [4.69, 9.17) is 9.97 Å². The van der Waals surface area contributed by atoms with Gasteiger partial charge in [0, 0.05) is 16.7 Å². The van der Waals surface area contributed by atoms with Crippen LogP contribution < -0.4 is 0 Å². The molecule has 0 aliphatic carbocycles. The van der Waals surface area contributed by atoms with Crippen molar-refractivity contribution in [1.82, 2.24) is 9.97 Å². The molecular formula is C52H36N2. The second-order valence-corrected chi connectivity index (χ2v) is 13.3. The van der Waals surface area contributed by atoms with E-state index >= 15 is 0 Å². The third kappa shape index (κ3) is 6.42. The lowest BCUT2D eigenvalue weighted by molar-refractivity contribution is 1.18. The van der Waals surface area contributed by atoms with Gasteiger partial charge in [0.15, 0.2) is 5.82 Å². The molecule has 0 aliphatic heterocycles. The highest BCUT2D eigenvalue weighted by molar-refractivity contribution is 6.08. The fraction of sp³-hybridized carbons (Fsp3) is 0. The van der Waals surface area contributed by atoms with Crippen LogP contribution in [0.5, 0.6) is 0 Å². The molecular weight excluding hydrogens is 653 g/mol. The lowest BCUT2D eigenvalue weighted by Gasteiger charge is -2.25. The van der Waals surface area contributed by atoms with Crippen molar-refractivity contribution in [3.8, 4) is 89.5 Å². The fourth-order valence-corrected chi connectivity index (χ4v) is 7.44. The van der Waals surface area contributed by atoms with Crippen LogP contribution in [0.15, 0.2) is 218 Å². The van der Waals surface area contributed by atoms with E-state index in [-0.39, 0.29) is 0 Å². The van der Waals surface area contributed by atoms with Crippen molar-refractivity contribution in [3.63, 3.8) is 0 Å². The van der Waals surface area contributed by atoms with Gasteiger partial charge in [-0.3, -0.25) is 0 Å². The van der Waals surface area contributed by atoms with Crippen molar-refractivity contribution in [1.29, 1.82) is 0 Å². The van der Waals surface area contributed by atoms with Gasteiger partial charge < -0.3 is 0 Å². The second kappa shape index (κ2) is 14.8. The maximum absolute atomic E-state index is 5.30. The number of rotatable bonds is 8. The quantitative estimate of drug-likeness (QED) is 0.159. The molecule has 254 valence electrons. The smallest absolute Gasteiger partial charge is 0.161 e. The van der Waals surface area contributed by atoms with Gasteiger partial charge in [-0.25, -0.2) is 9.97 Å². The Morgan fingerprint density at radius 1 is 0.222 bits per heavy atom. The Morgan fingerprint density at radius 2 is 0.556 bits per heavy atom. The molecule has 0 atom stereocenters. The monoisotopic (exact) mass is 688 g/mol. The summed E-state index contributed by atoms with van der Waals surface area (Å²) in [6.45, 7) is 0. The first-order valence-corrected chi connectivity index (χ1v) is 18.3. The lowest BCUT2D eigenvalue weighted by atomic mass is 9.78. The van der Waals surface area contributed by atoms with Gasteiger partial charge in [-0.2, -0.15) is 0 Å². The van der Waals surface area contributed by atoms with Gasteiger partial charge in [0.2, 0.25) is 0 Å². The van der Waals surface area contributed by atoms with E-state index in [2.05, 4.69) is 206 Å². The minimum absolute atomic E-state index is 0.680. The third-order valence-electron chi connectivity index (χ3n) is 9.92. The molecule has 1 aromatic heterocycles. The maximum atomic E-state index is 5.30. The topological polar surface area (TPSA) is 25.8 Å². The molecule has 9 aromatic rings.